The average molecular weight is 937 g/mol. The Bertz CT molecular complexity index is 1680. The topological polar surface area (TPSA) is 92.8 Å². The van der Waals surface area contributed by atoms with Gasteiger partial charge in [-0.2, -0.15) is 0 Å². The highest BCUT2D eigenvalue weighted by molar-refractivity contribution is 14.1. The summed E-state index contributed by atoms with van der Waals surface area (Å²) in [5.41, 5.74) is 2.46. The fourth-order valence-corrected chi connectivity index (χ4v) is 9.49. The van der Waals surface area contributed by atoms with Crippen molar-refractivity contribution in [2.24, 2.45) is 5.92 Å². The molecular formula is C46H73IO8Si2. The molecule has 320 valence electrons. The fraction of sp³-hybridized carbons (Fsp3) is 0.652. The molecule has 1 saturated heterocycles. The maximum Gasteiger partial charge on any atom is 0.343 e. The van der Waals surface area contributed by atoms with Crippen LogP contribution in [-0.4, -0.2) is 59.4 Å². The molecule has 1 aliphatic heterocycles. The molecule has 8 nitrogen and oxygen atoms in total. The van der Waals surface area contributed by atoms with Crippen molar-refractivity contribution < 1.29 is 37.4 Å². The third-order valence-corrected chi connectivity index (χ3v) is 21.6. The Kier molecular flexibility index (Phi) is 17.7. The number of allylic oxidation sites excluding steroid dienone is 1. The zero-order valence-corrected chi connectivity index (χ0v) is 41.9. The molecule has 0 aromatic heterocycles. The van der Waals surface area contributed by atoms with E-state index in [1.54, 1.807) is 6.92 Å². The molecule has 3 rings (SSSR count). The van der Waals surface area contributed by atoms with Crippen LogP contribution in [0.5, 0.6) is 11.5 Å². The van der Waals surface area contributed by atoms with Crippen LogP contribution in [0, 0.1) is 9.49 Å². The van der Waals surface area contributed by atoms with Gasteiger partial charge in [0.1, 0.15) is 30.8 Å². The van der Waals surface area contributed by atoms with Gasteiger partial charge in [0.2, 0.25) is 5.60 Å². The number of esters is 1. The SMILES string of the molecule is CCC/C(=C\COc1c(I)cc(CC(C)C)c(OCc2ccccc2)c1CO[Si](C)(C)C(C)(C)C)C(=O)C[C@H](O[Si](C)(C)C(C)(C)C)C1(C(=O)OCC)O[C@@H]1CC. The standard InChI is InChI=1S/C46H73IO8Si2/c1-16-22-34(38(48)29-40(55-57(14,15)45(9,10)11)46(39(17-2)54-46)43(49)50-18-3)25-26-51-42-36(31-53-56(12,13)44(6,7)8)41(35(27-32(4)5)28-37(42)47)52-30-33-23-20-19-21-24-33/h19-21,23-25,28,32,39-40H,16-18,22,26-27,29-31H2,1-15H3/b34-25+/t39-,40+,46?/m1/s1. The van der Waals surface area contributed by atoms with Gasteiger partial charge in [-0.15, -0.1) is 0 Å². The van der Waals surface area contributed by atoms with Crippen LogP contribution in [0.1, 0.15) is 119 Å². The molecule has 2 aromatic rings. The summed E-state index contributed by atoms with van der Waals surface area (Å²) in [4.78, 5) is 28.0. The highest BCUT2D eigenvalue weighted by Gasteiger charge is 2.69. The lowest BCUT2D eigenvalue weighted by Gasteiger charge is -2.40. The summed E-state index contributed by atoms with van der Waals surface area (Å²) < 4.78 is 39.9. The van der Waals surface area contributed by atoms with Crippen LogP contribution in [-0.2, 0) is 47.5 Å². The molecule has 0 radical (unpaired) electrons. The Morgan fingerprint density at radius 1 is 0.912 bits per heavy atom. The van der Waals surface area contributed by atoms with Crippen molar-refractivity contribution in [2.75, 3.05) is 13.2 Å². The lowest BCUT2D eigenvalue weighted by atomic mass is 9.90. The minimum absolute atomic E-state index is 0.0121. The number of Topliss-reactive ketones (excluding diaryl/α,β-unsaturated/α-hetero) is 1. The third kappa shape index (κ3) is 12.7. The second kappa shape index (κ2) is 20.5. The average Bonchev–Trinajstić information content (AvgIpc) is 3.86. The van der Waals surface area contributed by atoms with Crippen LogP contribution in [0.2, 0.25) is 36.3 Å². The first-order valence-corrected chi connectivity index (χ1v) is 27.9. The summed E-state index contributed by atoms with van der Waals surface area (Å²) in [5.74, 6) is 1.40. The molecule has 0 amide bonds. The van der Waals surface area contributed by atoms with Crippen molar-refractivity contribution in [3.63, 3.8) is 0 Å². The fourth-order valence-electron chi connectivity index (χ4n) is 6.37. The van der Waals surface area contributed by atoms with E-state index >= 15 is 0 Å². The number of rotatable bonds is 22. The van der Waals surface area contributed by atoms with Gasteiger partial charge < -0.3 is 27.8 Å². The van der Waals surface area contributed by atoms with Crippen molar-refractivity contribution in [2.45, 2.75) is 176 Å². The third-order valence-electron chi connectivity index (χ3n) is 11.8. The van der Waals surface area contributed by atoms with Crippen molar-refractivity contribution in [1.29, 1.82) is 0 Å². The summed E-state index contributed by atoms with van der Waals surface area (Å²) in [6.45, 7) is 33.4. The van der Waals surface area contributed by atoms with Crippen molar-refractivity contribution >= 4 is 51.0 Å². The summed E-state index contributed by atoms with van der Waals surface area (Å²) in [7, 11) is -4.60. The van der Waals surface area contributed by atoms with Crippen molar-refractivity contribution in [3.8, 4) is 11.5 Å². The summed E-state index contributed by atoms with van der Waals surface area (Å²) in [6, 6.07) is 12.4. The Labute approximate surface area is 360 Å². The van der Waals surface area contributed by atoms with Crippen LogP contribution in [0.4, 0.5) is 0 Å². The van der Waals surface area contributed by atoms with E-state index in [1.165, 1.54) is 0 Å². The van der Waals surface area contributed by atoms with Gasteiger partial charge in [0.25, 0.3) is 0 Å². The largest absolute Gasteiger partial charge is 0.488 e. The normalized spacial score (nSPS) is 18.4. The number of hydrogen-bond acceptors (Lipinski definition) is 8. The molecule has 1 unspecified atom stereocenters. The predicted molar refractivity (Wildman–Crippen MR) is 245 cm³/mol. The summed E-state index contributed by atoms with van der Waals surface area (Å²) in [6.07, 6.45) is 3.57. The smallest absolute Gasteiger partial charge is 0.343 e. The van der Waals surface area contributed by atoms with E-state index in [0.29, 0.717) is 43.3 Å². The number of benzene rings is 2. The van der Waals surface area contributed by atoms with E-state index in [2.05, 4.69) is 129 Å². The monoisotopic (exact) mass is 936 g/mol. The van der Waals surface area contributed by atoms with Gasteiger partial charge in [0, 0.05) is 6.42 Å². The number of epoxide rings is 1. The van der Waals surface area contributed by atoms with Crippen LogP contribution in [0.3, 0.4) is 0 Å². The van der Waals surface area contributed by atoms with E-state index in [4.69, 9.17) is 27.8 Å². The minimum Gasteiger partial charge on any atom is -0.488 e. The van der Waals surface area contributed by atoms with E-state index < -0.39 is 34.3 Å². The van der Waals surface area contributed by atoms with Crippen molar-refractivity contribution in [1.82, 2.24) is 0 Å². The molecule has 0 spiro atoms. The minimum atomic E-state index is -2.44. The summed E-state index contributed by atoms with van der Waals surface area (Å²) >= 11 is 2.36. The van der Waals surface area contributed by atoms with E-state index in [-0.39, 0.29) is 41.6 Å². The number of hydrogen-bond donors (Lipinski definition) is 0. The molecule has 1 heterocycles. The Balaban J connectivity index is 2.06. The Hall–Kier alpha value is -2.04. The zero-order chi connectivity index (χ0) is 43.0. The van der Waals surface area contributed by atoms with Gasteiger partial charge in [0.15, 0.2) is 22.4 Å². The lowest BCUT2D eigenvalue weighted by Crippen LogP contribution is -2.52. The number of ketones is 1. The molecule has 0 N–H and O–H groups in total. The van der Waals surface area contributed by atoms with E-state index in [9.17, 15) is 9.59 Å². The Morgan fingerprint density at radius 3 is 2.07 bits per heavy atom. The second-order valence-electron chi connectivity index (χ2n) is 18.9. The maximum atomic E-state index is 14.4. The highest BCUT2D eigenvalue weighted by Crippen LogP contribution is 2.49. The van der Waals surface area contributed by atoms with Crippen LogP contribution >= 0.6 is 22.6 Å². The lowest BCUT2D eigenvalue weighted by molar-refractivity contribution is -0.154. The van der Waals surface area contributed by atoms with Gasteiger partial charge in [0.05, 0.1) is 28.5 Å². The molecule has 57 heavy (non-hydrogen) atoms. The van der Waals surface area contributed by atoms with Gasteiger partial charge in [-0.3, -0.25) is 4.79 Å². The molecule has 0 bridgehead atoms. The highest BCUT2D eigenvalue weighted by atomic mass is 127. The second-order valence-corrected chi connectivity index (χ2v) is 29.6. The molecule has 0 saturated carbocycles. The number of ether oxygens (including phenoxy) is 4. The van der Waals surface area contributed by atoms with Gasteiger partial charge in [-0.1, -0.05) is 106 Å². The predicted octanol–water partition coefficient (Wildman–Crippen LogP) is 12.2. The van der Waals surface area contributed by atoms with Gasteiger partial charge in [-0.05, 0) is 120 Å². The van der Waals surface area contributed by atoms with Crippen LogP contribution in [0.15, 0.2) is 48.0 Å². The number of halogens is 1. The quantitative estimate of drug-likeness (QED) is 0.0379. The molecular weight excluding hydrogens is 864 g/mol. The van der Waals surface area contributed by atoms with Crippen LogP contribution < -0.4 is 9.47 Å². The first-order valence-electron chi connectivity index (χ1n) is 21.0. The maximum absolute atomic E-state index is 14.4. The first-order chi connectivity index (χ1) is 26.4. The molecule has 2 aromatic carbocycles. The van der Waals surface area contributed by atoms with Gasteiger partial charge in [-0.25, -0.2) is 4.79 Å². The number of carbonyl (C=O) groups is 2. The first kappa shape index (κ1) is 49.3. The van der Waals surface area contributed by atoms with Crippen LogP contribution in [0.25, 0.3) is 0 Å². The van der Waals surface area contributed by atoms with Crippen molar-refractivity contribution in [3.05, 3.63) is 68.3 Å². The van der Waals surface area contributed by atoms with E-state index in [0.717, 1.165) is 38.9 Å². The zero-order valence-electron chi connectivity index (χ0n) is 37.8. The summed E-state index contributed by atoms with van der Waals surface area (Å²) in [5, 5.41) is -0.130. The molecule has 1 aliphatic rings. The van der Waals surface area contributed by atoms with Gasteiger partial charge >= 0.3 is 5.97 Å². The molecule has 11 heteroatoms. The number of carbonyl (C=O) groups excluding carboxylic acids is 2. The Morgan fingerprint density at radius 2 is 1.54 bits per heavy atom. The molecule has 0 aliphatic carbocycles. The van der Waals surface area contributed by atoms with E-state index in [1.807, 2.05) is 31.2 Å². The molecule has 3 atom stereocenters. The molecule has 1 fully saturated rings.